The monoisotopic (exact) mass is 487 g/mol. The van der Waals surface area contributed by atoms with E-state index in [1.54, 1.807) is 16.4 Å². The third-order valence-corrected chi connectivity index (χ3v) is 8.77. The predicted molar refractivity (Wildman–Crippen MR) is 140 cm³/mol. The number of hydrogen-bond donors (Lipinski definition) is 2. The Morgan fingerprint density at radius 1 is 0.771 bits per heavy atom. The maximum absolute atomic E-state index is 13.3. The number of nitrogens with zero attached hydrogens (tertiary/aromatic N) is 1. The summed E-state index contributed by atoms with van der Waals surface area (Å²) in [4.78, 5) is 12.8. The first-order valence-electron chi connectivity index (χ1n) is 12.0. The minimum atomic E-state index is -3.57. The van der Waals surface area contributed by atoms with E-state index < -0.39 is 10.0 Å². The molecule has 1 saturated heterocycles. The van der Waals surface area contributed by atoms with Crippen molar-refractivity contribution in [3.63, 3.8) is 0 Å². The van der Waals surface area contributed by atoms with Crippen molar-refractivity contribution in [2.24, 2.45) is 5.92 Å². The minimum Gasteiger partial charge on any atom is -0.338 e. The molecule has 0 aliphatic carbocycles. The molecule has 4 aromatic carbocycles. The van der Waals surface area contributed by atoms with Gasteiger partial charge in [0.1, 0.15) is 0 Å². The molecule has 1 heterocycles. The van der Waals surface area contributed by atoms with Crippen LogP contribution < -0.4 is 10.6 Å². The highest BCUT2D eigenvalue weighted by molar-refractivity contribution is 7.89. The summed E-state index contributed by atoms with van der Waals surface area (Å²) in [6.07, 6.45) is 1.43. The Morgan fingerprint density at radius 3 is 2.11 bits per heavy atom. The SMILES string of the molecule is O=C(NCc1cccc2ccccc12)NCC1CCN(S(=O)(=O)c2cccc3ccccc23)CC1. The molecule has 0 bridgehead atoms. The molecule has 2 N–H and O–H groups in total. The van der Waals surface area contributed by atoms with E-state index in [1.807, 2.05) is 54.6 Å². The van der Waals surface area contributed by atoms with Crippen LogP contribution in [0.25, 0.3) is 21.5 Å². The second kappa shape index (κ2) is 10.1. The molecule has 0 spiro atoms. The average molecular weight is 488 g/mol. The maximum atomic E-state index is 13.3. The number of rotatable bonds is 6. The Bertz CT molecular complexity index is 1450. The number of benzene rings is 4. The zero-order chi connectivity index (χ0) is 24.3. The molecule has 1 aliphatic heterocycles. The number of urea groups is 1. The predicted octanol–water partition coefficient (Wildman–Crippen LogP) is 4.89. The third kappa shape index (κ3) is 5.01. The van der Waals surface area contributed by atoms with Crippen molar-refractivity contribution in [3.05, 3.63) is 90.5 Å². The van der Waals surface area contributed by atoms with Crippen LogP contribution in [0.1, 0.15) is 18.4 Å². The summed E-state index contributed by atoms with van der Waals surface area (Å²) in [5.74, 6) is 0.247. The summed E-state index contributed by atoms with van der Waals surface area (Å²) in [5.41, 5.74) is 1.07. The summed E-state index contributed by atoms with van der Waals surface area (Å²) in [6, 6.07) is 27.0. The van der Waals surface area contributed by atoms with E-state index in [2.05, 4.69) is 28.8 Å². The minimum absolute atomic E-state index is 0.205. The molecule has 0 saturated carbocycles. The standard InChI is InChI=1S/C28H29N3O3S/c32-28(30-20-24-11-5-9-22-7-1-3-12-25(22)24)29-19-21-15-17-31(18-16-21)35(33,34)27-14-6-10-23-8-2-4-13-26(23)27/h1-14,21H,15-20H2,(H2,29,30,32). The highest BCUT2D eigenvalue weighted by Crippen LogP contribution is 2.28. The lowest BCUT2D eigenvalue weighted by atomic mass is 9.98. The van der Waals surface area contributed by atoms with Gasteiger partial charge in [0, 0.05) is 31.6 Å². The summed E-state index contributed by atoms with van der Waals surface area (Å²) < 4.78 is 28.2. The molecule has 35 heavy (non-hydrogen) atoms. The number of sulfonamides is 1. The highest BCUT2D eigenvalue weighted by atomic mass is 32.2. The van der Waals surface area contributed by atoms with Gasteiger partial charge in [-0.1, -0.05) is 78.9 Å². The normalized spacial score (nSPS) is 15.3. The second-order valence-electron chi connectivity index (χ2n) is 9.03. The first-order valence-corrected chi connectivity index (χ1v) is 13.4. The maximum Gasteiger partial charge on any atom is 0.315 e. The highest BCUT2D eigenvalue weighted by Gasteiger charge is 2.30. The molecule has 0 aromatic heterocycles. The van der Waals surface area contributed by atoms with E-state index in [-0.39, 0.29) is 11.9 Å². The third-order valence-electron chi connectivity index (χ3n) is 6.81. The van der Waals surface area contributed by atoms with Gasteiger partial charge in [-0.25, -0.2) is 13.2 Å². The van der Waals surface area contributed by atoms with Crippen molar-refractivity contribution >= 4 is 37.6 Å². The van der Waals surface area contributed by atoms with Crippen molar-refractivity contribution in [1.82, 2.24) is 14.9 Å². The number of fused-ring (bicyclic) bond motifs is 2. The summed E-state index contributed by atoms with van der Waals surface area (Å²) in [5, 5.41) is 9.86. The van der Waals surface area contributed by atoms with Crippen LogP contribution in [0.2, 0.25) is 0 Å². The molecular formula is C28H29N3O3S. The fourth-order valence-corrected chi connectivity index (χ4v) is 6.52. The average Bonchev–Trinajstić information content (AvgIpc) is 2.90. The van der Waals surface area contributed by atoms with Gasteiger partial charge in [-0.2, -0.15) is 4.31 Å². The Balaban J connectivity index is 1.13. The van der Waals surface area contributed by atoms with Gasteiger partial charge in [0.25, 0.3) is 0 Å². The molecule has 1 fully saturated rings. The van der Waals surface area contributed by atoms with Gasteiger partial charge in [0.05, 0.1) is 4.90 Å². The summed E-state index contributed by atoms with van der Waals surface area (Å²) in [7, 11) is -3.57. The van der Waals surface area contributed by atoms with E-state index in [0.29, 0.717) is 43.9 Å². The van der Waals surface area contributed by atoms with Crippen LogP contribution >= 0.6 is 0 Å². The lowest BCUT2D eigenvalue weighted by molar-refractivity contribution is 0.230. The summed E-state index contributed by atoms with van der Waals surface area (Å²) in [6.45, 7) is 1.89. The zero-order valence-corrected chi connectivity index (χ0v) is 20.3. The number of carbonyl (C=O) groups is 1. The zero-order valence-electron chi connectivity index (χ0n) is 19.5. The van der Waals surface area contributed by atoms with Crippen LogP contribution in [0, 0.1) is 5.92 Å². The van der Waals surface area contributed by atoms with E-state index in [0.717, 1.165) is 27.1 Å². The molecule has 5 rings (SSSR count). The van der Waals surface area contributed by atoms with Crippen LogP contribution in [-0.2, 0) is 16.6 Å². The molecule has 0 unspecified atom stereocenters. The van der Waals surface area contributed by atoms with E-state index in [9.17, 15) is 13.2 Å². The van der Waals surface area contributed by atoms with Crippen molar-refractivity contribution in [1.29, 1.82) is 0 Å². The van der Waals surface area contributed by atoms with Crippen molar-refractivity contribution in [3.8, 4) is 0 Å². The van der Waals surface area contributed by atoms with Gasteiger partial charge in [0.15, 0.2) is 0 Å². The smallest absolute Gasteiger partial charge is 0.315 e. The van der Waals surface area contributed by atoms with Gasteiger partial charge < -0.3 is 10.6 Å². The van der Waals surface area contributed by atoms with Gasteiger partial charge >= 0.3 is 6.03 Å². The number of hydrogen-bond acceptors (Lipinski definition) is 3. The Kier molecular flexibility index (Phi) is 6.70. The quantitative estimate of drug-likeness (QED) is 0.406. The first-order chi connectivity index (χ1) is 17.0. The molecular weight excluding hydrogens is 458 g/mol. The number of carbonyl (C=O) groups excluding carboxylic acids is 1. The molecule has 180 valence electrons. The Hall–Kier alpha value is -3.42. The fraction of sp³-hybridized carbons (Fsp3) is 0.250. The molecule has 6 nitrogen and oxygen atoms in total. The van der Waals surface area contributed by atoms with Crippen molar-refractivity contribution in [2.75, 3.05) is 19.6 Å². The fourth-order valence-electron chi connectivity index (χ4n) is 4.84. The molecule has 1 aliphatic rings. The van der Waals surface area contributed by atoms with E-state index in [4.69, 9.17) is 0 Å². The van der Waals surface area contributed by atoms with Crippen LogP contribution in [0.4, 0.5) is 4.79 Å². The van der Waals surface area contributed by atoms with Gasteiger partial charge in [-0.05, 0) is 46.5 Å². The molecule has 7 heteroatoms. The Morgan fingerprint density at radius 2 is 1.37 bits per heavy atom. The largest absolute Gasteiger partial charge is 0.338 e. The molecule has 2 amide bonds. The van der Waals surface area contributed by atoms with Gasteiger partial charge in [-0.3, -0.25) is 0 Å². The molecule has 0 radical (unpaired) electrons. The Labute approximate surface area is 206 Å². The van der Waals surface area contributed by atoms with Gasteiger partial charge in [-0.15, -0.1) is 0 Å². The topological polar surface area (TPSA) is 78.5 Å². The van der Waals surface area contributed by atoms with Crippen LogP contribution in [-0.4, -0.2) is 38.4 Å². The summed E-state index contributed by atoms with van der Waals surface area (Å²) >= 11 is 0. The van der Waals surface area contributed by atoms with Crippen molar-refractivity contribution < 1.29 is 13.2 Å². The number of nitrogens with one attached hydrogen (secondary N) is 2. The van der Waals surface area contributed by atoms with Crippen LogP contribution in [0.3, 0.4) is 0 Å². The number of piperidine rings is 1. The van der Waals surface area contributed by atoms with Crippen LogP contribution in [0.5, 0.6) is 0 Å². The van der Waals surface area contributed by atoms with Crippen LogP contribution in [0.15, 0.2) is 89.8 Å². The van der Waals surface area contributed by atoms with E-state index in [1.165, 1.54) is 0 Å². The lowest BCUT2D eigenvalue weighted by Crippen LogP contribution is -2.43. The molecule has 4 aromatic rings. The van der Waals surface area contributed by atoms with Gasteiger partial charge in [0.2, 0.25) is 10.0 Å². The lowest BCUT2D eigenvalue weighted by Gasteiger charge is -2.31. The molecule has 0 atom stereocenters. The second-order valence-corrected chi connectivity index (χ2v) is 10.9. The van der Waals surface area contributed by atoms with E-state index >= 15 is 0 Å². The number of amides is 2. The first kappa shape index (κ1) is 23.3. The van der Waals surface area contributed by atoms with Crippen molar-refractivity contribution in [2.45, 2.75) is 24.3 Å².